The van der Waals surface area contributed by atoms with Crippen LogP contribution in [0.4, 0.5) is 0 Å². The summed E-state index contributed by atoms with van der Waals surface area (Å²) in [7, 11) is 0. The lowest BCUT2D eigenvalue weighted by atomic mass is 10.3. The molecule has 0 saturated heterocycles. The van der Waals surface area contributed by atoms with Crippen LogP contribution >= 0.6 is 27.3 Å². The maximum absolute atomic E-state index is 11.1. The minimum absolute atomic E-state index is 0.156. The molecule has 0 atom stereocenters. The summed E-state index contributed by atoms with van der Waals surface area (Å²) < 4.78 is 1.15. The Kier molecular flexibility index (Phi) is 5.19. The minimum atomic E-state index is 0.156. The van der Waals surface area contributed by atoms with E-state index in [4.69, 9.17) is 0 Å². The van der Waals surface area contributed by atoms with Crippen molar-refractivity contribution >= 4 is 33.2 Å². The van der Waals surface area contributed by atoms with Crippen LogP contribution in [0.15, 0.2) is 15.9 Å². The van der Waals surface area contributed by atoms with Gasteiger partial charge < -0.3 is 5.32 Å². The van der Waals surface area contributed by atoms with E-state index >= 15 is 0 Å². The van der Waals surface area contributed by atoms with Gasteiger partial charge in [-0.2, -0.15) is 0 Å². The predicted molar refractivity (Wildman–Crippen MR) is 63.6 cm³/mol. The summed E-state index contributed by atoms with van der Waals surface area (Å²) in [6.07, 6.45) is 2.47. The third kappa shape index (κ3) is 4.24. The second-order valence-corrected chi connectivity index (χ2v) is 5.60. The lowest BCUT2D eigenvalue weighted by molar-refractivity contribution is -0.121. The van der Waals surface area contributed by atoms with Gasteiger partial charge in [0.1, 0.15) is 0 Å². The van der Waals surface area contributed by atoms with Crippen molar-refractivity contribution in [2.45, 2.75) is 26.2 Å². The zero-order chi connectivity index (χ0) is 10.4. The van der Waals surface area contributed by atoms with Crippen LogP contribution in [0.25, 0.3) is 0 Å². The van der Waals surface area contributed by atoms with Crippen molar-refractivity contribution in [2.75, 3.05) is 6.54 Å². The van der Waals surface area contributed by atoms with E-state index in [0.717, 1.165) is 23.2 Å². The monoisotopic (exact) mass is 275 g/mol. The first-order valence-corrected chi connectivity index (χ1v) is 6.34. The van der Waals surface area contributed by atoms with Crippen molar-refractivity contribution < 1.29 is 4.79 Å². The van der Waals surface area contributed by atoms with Gasteiger partial charge in [0.15, 0.2) is 0 Å². The van der Waals surface area contributed by atoms with Crippen molar-refractivity contribution in [3.05, 3.63) is 20.8 Å². The molecule has 14 heavy (non-hydrogen) atoms. The van der Waals surface area contributed by atoms with Gasteiger partial charge in [0.2, 0.25) is 5.91 Å². The molecule has 1 heterocycles. The summed E-state index contributed by atoms with van der Waals surface area (Å²) in [5.41, 5.74) is 0. The largest absolute Gasteiger partial charge is 0.356 e. The number of amides is 1. The molecule has 1 rings (SSSR count). The van der Waals surface area contributed by atoms with Crippen molar-refractivity contribution in [1.29, 1.82) is 0 Å². The van der Waals surface area contributed by atoms with Crippen LogP contribution < -0.4 is 5.32 Å². The van der Waals surface area contributed by atoms with Gasteiger partial charge in [-0.25, -0.2) is 0 Å². The van der Waals surface area contributed by atoms with Gasteiger partial charge in [0, 0.05) is 17.8 Å². The van der Waals surface area contributed by atoms with Gasteiger partial charge in [-0.3, -0.25) is 4.79 Å². The first kappa shape index (κ1) is 11.7. The molecule has 0 aliphatic heterocycles. The number of nitrogens with one attached hydrogen (secondary N) is 1. The molecule has 4 heteroatoms. The number of carbonyl (C=O) groups is 1. The number of hydrogen-bond acceptors (Lipinski definition) is 2. The Morgan fingerprint density at radius 2 is 2.36 bits per heavy atom. The smallest absolute Gasteiger partial charge is 0.219 e. The van der Waals surface area contributed by atoms with Crippen LogP contribution in [0.1, 0.15) is 24.6 Å². The first-order chi connectivity index (χ1) is 6.72. The van der Waals surface area contributed by atoms with Gasteiger partial charge >= 0.3 is 0 Å². The Morgan fingerprint density at radius 1 is 1.57 bits per heavy atom. The molecular formula is C10H14BrNOS. The molecule has 0 aromatic carbocycles. The van der Waals surface area contributed by atoms with E-state index < -0.39 is 0 Å². The van der Waals surface area contributed by atoms with Crippen LogP contribution in [0.2, 0.25) is 0 Å². The van der Waals surface area contributed by atoms with E-state index in [0.29, 0.717) is 6.42 Å². The highest BCUT2D eigenvalue weighted by Crippen LogP contribution is 2.21. The van der Waals surface area contributed by atoms with E-state index in [2.05, 4.69) is 27.3 Å². The molecule has 0 unspecified atom stereocenters. The fourth-order valence-corrected chi connectivity index (χ4v) is 2.61. The minimum Gasteiger partial charge on any atom is -0.356 e. The molecule has 0 bridgehead atoms. The van der Waals surface area contributed by atoms with Crippen LogP contribution in [0.3, 0.4) is 0 Å². The van der Waals surface area contributed by atoms with Gasteiger partial charge in [-0.15, -0.1) is 11.3 Å². The highest BCUT2D eigenvalue weighted by atomic mass is 79.9. The molecule has 2 nitrogen and oxygen atoms in total. The molecule has 0 aliphatic rings. The van der Waals surface area contributed by atoms with Gasteiger partial charge in [-0.05, 0) is 40.9 Å². The molecule has 1 amide bonds. The van der Waals surface area contributed by atoms with E-state index in [1.54, 1.807) is 11.3 Å². The highest BCUT2D eigenvalue weighted by Gasteiger charge is 2.00. The number of carbonyl (C=O) groups excluding carboxylic acids is 1. The predicted octanol–water partition coefficient (Wildman–Crippen LogP) is 2.97. The molecule has 0 spiro atoms. The number of thiophene rings is 1. The Labute approximate surface area is 96.8 Å². The topological polar surface area (TPSA) is 29.1 Å². The van der Waals surface area contributed by atoms with E-state index in [-0.39, 0.29) is 5.91 Å². The summed E-state index contributed by atoms with van der Waals surface area (Å²) in [4.78, 5) is 12.4. The second kappa shape index (κ2) is 6.19. The van der Waals surface area contributed by atoms with Crippen molar-refractivity contribution in [2.24, 2.45) is 0 Å². The maximum Gasteiger partial charge on any atom is 0.219 e. The van der Waals surface area contributed by atoms with Gasteiger partial charge in [0.05, 0.1) is 3.79 Å². The molecular weight excluding hydrogens is 262 g/mol. The van der Waals surface area contributed by atoms with Crippen LogP contribution in [0, 0.1) is 0 Å². The Balaban J connectivity index is 2.18. The lowest BCUT2D eigenvalue weighted by Gasteiger charge is -2.01. The Morgan fingerprint density at radius 3 is 2.93 bits per heavy atom. The second-order valence-electron chi connectivity index (χ2n) is 3.06. The Hall–Kier alpha value is -0.350. The summed E-state index contributed by atoms with van der Waals surface area (Å²) >= 11 is 5.13. The van der Waals surface area contributed by atoms with E-state index in [1.165, 1.54) is 4.88 Å². The maximum atomic E-state index is 11.1. The van der Waals surface area contributed by atoms with Crippen molar-refractivity contribution in [3.8, 4) is 0 Å². The zero-order valence-corrected chi connectivity index (χ0v) is 10.6. The average Bonchev–Trinajstić information content (AvgIpc) is 2.52. The van der Waals surface area contributed by atoms with Crippen molar-refractivity contribution in [1.82, 2.24) is 5.32 Å². The van der Waals surface area contributed by atoms with Crippen LogP contribution in [-0.2, 0) is 11.2 Å². The summed E-state index contributed by atoms with van der Waals surface area (Å²) in [6.45, 7) is 2.75. The standard InChI is InChI=1S/C10H14BrNOS/c1-2-3-10(13)12-7-6-8-4-5-9(11)14-8/h4-5H,2-3,6-7H2,1H3,(H,12,13). The molecule has 1 N–H and O–H groups in total. The summed E-state index contributed by atoms with van der Waals surface area (Å²) in [5, 5.41) is 2.89. The molecule has 1 aromatic rings. The van der Waals surface area contributed by atoms with E-state index in [9.17, 15) is 4.79 Å². The van der Waals surface area contributed by atoms with Gasteiger partial charge in [0.25, 0.3) is 0 Å². The van der Waals surface area contributed by atoms with Crippen molar-refractivity contribution in [3.63, 3.8) is 0 Å². The van der Waals surface area contributed by atoms with E-state index in [1.807, 2.05) is 13.0 Å². The highest BCUT2D eigenvalue weighted by molar-refractivity contribution is 9.11. The molecule has 78 valence electrons. The zero-order valence-electron chi connectivity index (χ0n) is 8.18. The fourth-order valence-electron chi connectivity index (χ4n) is 1.13. The Bertz CT molecular complexity index is 298. The lowest BCUT2D eigenvalue weighted by Crippen LogP contribution is -2.24. The number of hydrogen-bond donors (Lipinski definition) is 1. The number of halogens is 1. The van der Waals surface area contributed by atoms with Crippen LogP contribution in [-0.4, -0.2) is 12.5 Å². The third-order valence-corrected chi connectivity index (χ3v) is 3.48. The molecule has 0 aliphatic carbocycles. The molecule has 1 aromatic heterocycles. The molecule has 0 saturated carbocycles. The summed E-state index contributed by atoms with van der Waals surface area (Å²) in [5.74, 6) is 0.156. The first-order valence-electron chi connectivity index (χ1n) is 4.73. The summed E-state index contributed by atoms with van der Waals surface area (Å²) in [6, 6.07) is 4.12. The molecule has 0 radical (unpaired) electrons. The average molecular weight is 276 g/mol. The fraction of sp³-hybridized carbons (Fsp3) is 0.500. The quantitative estimate of drug-likeness (QED) is 0.880. The number of rotatable bonds is 5. The normalized spacial score (nSPS) is 10.1. The SMILES string of the molecule is CCCC(=O)NCCc1ccc(Br)s1. The van der Waals surface area contributed by atoms with Crippen LogP contribution in [0.5, 0.6) is 0 Å². The van der Waals surface area contributed by atoms with Gasteiger partial charge in [-0.1, -0.05) is 6.92 Å². The molecule has 0 fully saturated rings. The third-order valence-electron chi connectivity index (χ3n) is 1.80.